The Labute approximate surface area is 135 Å². The van der Waals surface area contributed by atoms with Gasteiger partial charge < -0.3 is 4.74 Å². The monoisotopic (exact) mass is 304 g/mol. The minimum Gasteiger partial charge on any atom is -0.442 e. The van der Waals surface area contributed by atoms with Gasteiger partial charge >= 0.3 is 0 Å². The van der Waals surface area contributed by atoms with E-state index in [4.69, 9.17) is 10.00 Å². The number of nitriles is 1. The molecule has 0 N–H and O–H groups in total. The van der Waals surface area contributed by atoms with Crippen molar-refractivity contribution in [1.29, 1.82) is 5.26 Å². The largest absolute Gasteiger partial charge is 0.442 e. The lowest BCUT2D eigenvalue weighted by molar-refractivity contribution is -0.111. The molecule has 0 spiro atoms. The van der Waals surface area contributed by atoms with Crippen molar-refractivity contribution in [2.75, 3.05) is 0 Å². The van der Waals surface area contributed by atoms with Crippen LogP contribution in [0, 0.1) is 11.5 Å². The van der Waals surface area contributed by atoms with Gasteiger partial charge in [-0.25, -0.2) is 0 Å². The summed E-state index contributed by atoms with van der Waals surface area (Å²) in [4.78, 5) is 15.7. The first-order valence-corrected chi connectivity index (χ1v) is 7.10. The lowest BCUT2D eigenvalue weighted by Gasteiger charge is -2.12. The molecule has 0 unspecified atom stereocenters. The average molecular weight is 304 g/mol. The Kier molecular flexibility index (Phi) is 5.43. The second-order valence-electron chi connectivity index (χ2n) is 4.84. The van der Waals surface area contributed by atoms with E-state index in [1.54, 1.807) is 25.2 Å². The van der Waals surface area contributed by atoms with Gasteiger partial charge in [0.25, 0.3) is 0 Å². The van der Waals surface area contributed by atoms with Crippen LogP contribution in [-0.2, 0) is 9.53 Å². The maximum atomic E-state index is 12.0. The summed E-state index contributed by atoms with van der Waals surface area (Å²) < 4.78 is 5.74. The van der Waals surface area contributed by atoms with Gasteiger partial charge in [-0.3, -0.25) is 4.79 Å². The highest BCUT2D eigenvalue weighted by Gasteiger charge is 2.15. The van der Waals surface area contributed by atoms with Crippen LogP contribution in [-0.4, -0.2) is 11.7 Å². The van der Waals surface area contributed by atoms with E-state index in [0.717, 1.165) is 5.56 Å². The number of nitrogens with zero attached hydrogens (tertiary/aromatic N) is 2. The molecular weight excluding hydrogens is 288 g/mol. The van der Waals surface area contributed by atoms with Gasteiger partial charge in [-0.15, -0.1) is 4.99 Å². The van der Waals surface area contributed by atoms with Crippen LogP contribution in [0.4, 0.5) is 0 Å². The molecule has 0 aliphatic carbocycles. The predicted octanol–water partition coefficient (Wildman–Crippen LogP) is 3.95. The van der Waals surface area contributed by atoms with E-state index >= 15 is 0 Å². The lowest BCUT2D eigenvalue weighted by atomic mass is 10.0. The number of hydrogen-bond acceptors (Lipinski definition) is 4. The van der Waals surface area contributed by atoms with Gasteiger partial charge in [-0.05, 0) is 31.5 Å². The van der Waals surface area contributed by atoms with E-state index in [0.29, 0.717) is 16.9 Å². The molecule has 4 heteroatoms. The molecular formula is C19H16N2O2. The van der Waals surface area contributed by atoms with Crippen LogP contribution >= 0.6 is 0 Å². The van der Waals surface area contributed by atoms with Crippen molar-refractivity contribution in [2.45, 2.75) is 13.8 Å². The maximum absolute atomic E-state index is 12.0. The average Bonchev–Trinajstić information content (AvgIpc) is 2.56. The van der Waals surface area contributed by atoms with E-state index in [-0.39, 0.29) is 11.7 Å². The number of hydrogen-bond donors (Lipinski definition) is 0. The van der Waals surface area contributed by atoms with E-state index in [1.807, 2.05) is 48.5 Å². The topological polar surface area (TPSA) is 62.4 Å². The van der Waals surface area contributed by atoms with Crippen LogP contribution in [0.1, 0.15) is 25.0 Å². The summed E-state index contributed by atoms with van der Waals surface area (Å²) in [5.41, 5.74) is 1.90. The minimum atomic E-state index is -0.113. The Morgan fingerprint density at radius 3 is 1.96 bits per heavy atom. The first-order chi connectivity index (χ1) is 11.1. The summed E-state index contributed by atoms with van der Waals surface area (Å²) >= 11 is 0. The molecule has 0 aromatic heterocycles. The van der Waals surface area contributed by atoms with E-state index < -0.39 is 0 Å². The fourth-order valence-electron chi connectivity index (χ4n) is 2.23. The molecule has 23 heavy (non-hydrogen) atoms. The molecule has 0 atom stereocenters. The highest BCUT2D eigenvalue weighted by Crippen LogP contribution is 2.21. The Balaban J connectivity index is 2.44. The van der Waals surface area contributed by atoms with E-state index in [2.05, 4.69) is 4.99 Å². The number of allylic oxidation sites excluding steroid dienone is 2. The quantitative estimate of drug-likeness (QED) is 0.282. The molecule has 2 rings (SSSR count). The molecule has 2 aromatic carbocycles. The number of Topliss-reactive ketones (excluding diaryl/α,β-unsaturated/α-hetero) is 1. The van der Waals surface area contributed by atoms with Crippen LogP contribution in [0.15, 0.2) is 71.4 Å². The smallest absolute Gasteiger partial charge is 0.236 e. The fourth-order valence-corrected chi connectivity index (χ4v) is 2.23. The van der Waals surface area contributed by atoms with Crippen molar-refractivity contribution in [1.82, 2.24) is 0 Å². The van der Waals surface area contributed by atoms with Gasteiger partial charge in [0, 0.05) is 5.56 Å². The summed E-state index contributed by atoms with van der Waals surface area (Å²) in [6.07, 6.45) is 1.74. The minimum absolute atomic E-state index is 0.113. The Bertz CT molecular complexity index is 785. The number of aliphatic imine (C=N–C) groups is 1. The number of carbonyl (C=O) groups is 1. The van der Waals surface area contributed by atoms with Gasteiger partial charge in [0.1, 0.15) is 5.76 Å². The lowest BCUT2D eigenvalue weighted by Crippen LogP contribution is -2.09. The van der Waals surface area contributed by atoms with Gasteiger partial charge in [-0.2, -0.15) is 5.26 Å². The number of benzene rings is 2. The Morgan fingerprint density at radius 1 is 0.957 bits per heavy atom. The second kappa shape index (κ2) is 7.71. The van der Waals surface area contributed by atoms with Crippen molar-refractivity contribution in [3.8, 4) is 6.19 Å². The third-order valence-corrected chi connectivity index (χ3v) is 3.19. The zero-order valence-electron chi connectivity index (χ0n) is 13.0. The van der Waals surface area contributed by atoms with Crippen LogP contribution in [0.3, 0.4) is 0 Å². The molecule has 0 aliphatic heterocycles. The predicted molar refractivity (Wildman–Crippen MR) is 89.4 cm³/mol. The first-order valence-electron chi connectivity index (χ1n) is 7.10. The zero-order chi connectivity index (χ0) is 16.7. The van der Waals surface area contributed by atoms with E-state index in [1.165, 1.54) is 6.92 Å². The molecule has 0 fully saturated rings. The summed E-state index contributed by atoms with van der Waals surface area (Å²) in [7, 11) is 0. The maximum Gasteiger partial charge on any atom is 0.236 e. The van der Waals surface area contributed by atoms with Gasteiger partial charge in [-0.1, -0.05) is 48.5 Å². The van der Waals surface area contributed by atoms with E-state index in [9.17, 15) is 4.79 Å². The highest BCUT2D eigenvalue weighted by atomic mass is 16.5. The van der Waals surface area contributed by atoms with Gasteiger partial charge in [0.15, 0.2) is 5.78 Å². The van der Waals surface area contributed by atoms with Crippen molar-refractivity contribution in [3.63, 3.8) is 0 Å². The molecule has 0 amide bonds. The Hall–Kier alpha value is -3.19. The number of rotatable bonds is 4. The van der Waals surface area contributed by atoms with Gasteiger partial charge in [0.2, 0.25) is 12.1 Å². The second-order valence-corrected chi connectivity index (χ2v) is 4.84. The van der Waals surface area contributed by atoms with Crippen molar-refractivity contribution >= 4 is 17.3 Å². The number of carbonyl (C=O) groups excluding carboxylic acids is 1. The molecule has 0 heterocycles. The summed E-state index contributed by atoms with van der Waals surface area (Å²) in [5, 5.41) is 8.88. The zero-order valence-corrected chi connectivity index (χ0v) is 13.0. The highest BCUT2D eigenvalue weighted by molar-refractivity contribution is 6.20. The third kappa shape index (κ3) is 4.14. The molecule has 0 saturated carbocycles. The summed E-state index contributed by atoms with van der Waals surface area (Å²) in [6.45, 7) is 3.18. The number of ketones is 1. The SMILES string of the molecule is CC(=O)/C(=C(\C)OC(=NC#N)c1ccccc1)c1ccccc1. The molecule has 0 aliphatic rings. The Morgan fingerprint density at radius 2 is 1.48 bits per heavy atom. The van der Waals surface area contributed by atoms with Crippen molar-refractivity contribution in [2.24, 2.45) is 4.99 Å². The van der Waals surface area contributed by atoms with Gasteiger partial charge in [0.05, 0.1) is 5.57 Å². The van der Waals surface area contributed by atoms with Crippen LogP contribution < -0.4 is 0 Å². The third-order valence-electron chi connectivity index (χ3n) is 3.19. The fraction of sp³-hybridized carbons (Fsp3) is 0.105. The van der Waals surface area contributed by atoms with Crippen molar-refractivity contribution < 1.29 is 9.53 Å². The number of ether oxygens (including phenoxy) is 1. The molecule has 4 nitrogen and oxygen atoms in total. The van der Waals surface area contributed by atoms with Crippen molar-refractivity contribution in [3.05, 3.63) is 77.5 Å². The molecule has 0 saturated heterocycles. The molecule has 0 bridgehead atoms. The molecule has 0 radical (unpaired) electrons. The molecule has 114 valence electrons. The normalized spacial score (nSPS) is 12.1. The van der Waals surface area contributed by atoms with Crippen LogP contribution in [0.5, 0.6) is 0 Å². The van der Waals surface area contributed by atoms with Crippen LogP contribution in [0.25, 0.3) is 5.57 Å². The first kappa shape index (κ1) is 16.2. The van der Waals surface area contributed by atoms with Crippen LogP contribution in [0.2, 0.25) is 0 Å². The summed E-state index contributed by atoms with van der Waals surface area (Å²) in [5.74, 6) is 0.458. The summed E-state index contributed by atoms with van der Waals surface area (Å²) in [6, 6.07) is 18.4. The molecule has 2 aromatic rings. The standard InChI is InChI=1S/C19H16N2O2/c1-14(22)18(16-9-5-3-6-10-16)15(2)23-19(21-13-20)17-11-7-4-8-12-17/h3-12H,1-2H3/b18-15-,21-19?.